The van der Waals surface area contributed by atoms with Gasteiger partial charge in [-0.15, -0.1) is 0 Å². The molecule has 0 heterocycles. The fraction of sp³-hybridized carbons (Fsp3) is 0.829. The normalized spacial score (nSPS) is 12.1. The van der Waals surface area contributed by atoms with Crippen LogP contribution in [-0.2, 0) is 105 Å². The third-order valence-electron chi connectivity index (χ3n) is 18.6. The van der Waals surface area contributed by atoms with Gasteiger partial charge in [0.15, 0.2) is 5.78 Å². The van der Waals surface area contributed by atoms with Crippen molar-refractivity contribution in [3.8, 4) is 0 Å². The number of hydrogen-bond acceptors (Lipinski definition) is 23. The van der Waals surface area contributed by atoms with Crippen molar-refractivity contribution < 1.29 is 131 Å². The number of amides is 5. The Kier molecular flexibility index (Phi) is 77.3. The van der Waals surface area contributed by atoms with Crippen molar-refractivity contribution in [1.29, 1.82) is 0 Å². The van der Waals surface area contributed by atoms with Crippen molar-refractivity contribution in [2.75, 3.05) is 139 Å². The molecule has 33 nitrogen and oxygen atoms in total. The van der Waals surface area contributed by atoms with Crippen molar-refractivity contribution in [2.45, 2.75) is 289 Å². The molecular formula is C82H146N6O27. The molecule has 0 radical (unpaired) electrons. The SMILES string of the molecule is CCCCC(=O)COCCOCCNC(=O)CC[C@H](CC(=O)CCCCCCCCCCCCC(=O)O)C(=O)O.CN[C@@H](CCCCNC(=O)COCCOC)C(=O)CC[C@@H](CCCCNC(=O)COCCOCCNC(=O)COCCOCCCC(=O)CC[C@H](NC(=O)CCCCCCCCCCCCC(=O)O)C(=O)O)C(=O)O. The minimum absolute atomic E-state index is 0.00885. The number of carbonyl (C=O) groups is 14. The first-order valence-corrected chi connectivity index (χ1v) is 42.2. The number of ketones is 4. The van der Waals surface area contributed by atoms with Crippen LogP contribution in [0.1, 0.15) is 277 Å². The molecule has 0 fully saturated rings. The minimum atomic E-state index is -1.18. The van der Waals surface area contributed by atoms with Gasteiger partial charge in [-0.05, 0) is 96.9 Å². The van der Waals surface area contributed by atoms with E-state index in [1.54, 1.807) is 14.2 Å². The van der Waals surface area contributed by atoms with Crippen molar-refractivity contribution in [3.05, 3.63) is 0 Å². The molecule has 0 aromatic heterocycles. The summed E-state index contributed by atoms with van der Waals surface area (Å²) in [4.78, 5) is 165. The van der Waals surface area contributed by atoms with E-state index in [1.165, 1.54) is 0 Å². The van der Waals surface area contributed by atoms with Crippen LogP contribution in [0.25, 0.3) is 0 Å². The monoisotopic (exact) mass is 1650 g/mol. The number of rotatable bonds is 86. The van der Waals surface area contributed by atoms with Crippen LogP contribution in [0.4, 0.5) is 0 Å². The van der Waals surface area contributed by atoms with E-state index in [0.717, 1.165) is 135 Å². The van der Waals surface area contributed by atoms with Crippen LogP contribution in [-0.4, -0.2) is 260 Å². The molecule has 666 valence electrons. The zero-order chi connectivity index (χ0) is 85.4. The van der Waals surface area contributed by atoms with Gasteiger partial charge in [0, 0.05) is 104 Å². The summed E-state index contributed by atoms with van der Waals surface area (Å²) in [6.07, 6.45) is 27.6. The van der Waals surface area contributed by atoms with Gasteiger partial charge >= 0.3 is 29.8 Å². The molecule has 0 aromatic carbocycles. The van der Waals surface area contributed by atoms with E-state index in [4.69, 9.17) is 48.1 Å². The van der Waals surface area contributed by atoms with Crippen LogP contribution in [0.2, 0.25) is 0 Å². The molecule has 0 spiro atoms. The highest BCUT2D eigenvalue weighted by atomic mass is 16.5. The number of nitrogens with one attached hydrogen (secondary N) is 6. The largest absolute Gasteiger partial charge is 0.481 e. The van der Waals surface area contributed by atoms with Gasteiger partial charge in [-0.25, -0.2) is 4.79 Å². The predicted molar refractivity (Wildman–Crippen MR) is 429 cm³/mol. The highest BCUT2D eigenvalue weighted by Gasteiger charge is 2.25. The Hall–Kier alpha value is -6.98. The smallest absolute Gasteiger partial charge is 0.326 e. The van der Waals surface area contributed by atoms with E-state index in [2.05, 4.69) is 31.9 Å². The number of carboxylic acid groups (broad SMARTS) is 5. The molecule has 0 aliphatic carbocycles. The van der Waals surface area contributed by atoms with E-state index in [9.17, 15) is 82.4 Å². The number of carbonyl (C=O) groups excluding carboxylic acids is 9. The fourth-order valence-electron chi connectivity index (χ4n) is 11.8. The van der Waals surface area contributed by atoms with Crippen molar-refractivity contribution in [2.24, 2.45) is 11.8 Å². The lowest BCUT2D eigenvalue weighted by atomic mass is 9.93. The second-order valence-corrected chi connectivity index (χ2v) is 28.8. The van der Waals surface area contributed by atoms with E-state index in [-0.39, 0.29) is 209 Å². The molecule has 115 heavy (non-hydrogen) atoms. The number of aliphatic carboxylic acids is 5. The zero-order valence-electron chi connectivity index (χ0n) is 69.7. The van der Waals surface area contributed by atoms with Crippen molar-refractivity contribution in [3.63, 3.8) is 0 Å². The first-order chi connectivity index (χ1) is 55.4. The van der Waals surface area contributed by atoms with E-state index >= 15 is 0 Å². The van der Waals surface area contributed by atoms with Gasteiger partial charge in [0.25, 0.3) is 0 Å². The Balaban J connectivity index is 0. The quantitative estimate of drug-likeness (QED) is 0.0254. The number of carboxylic acids is 5. The summed E-state index contributed by atoms with van der Waals surface area (Å²) in [7, 11) is 3.25. The molecule has 0 aromatic rings. The number of ether oxygens (including phenoxy) is 8. The van der Waals surface area contributed by atoms with Crippen LogP contribution in [0.3, 0.4) is 0 Å². The lowest BCUT2D eigenvalue weighted by Gasteiger charge is -2.17. The first kappa shape index (κ1) is 110. The lowest BCUT2D eigenvalue weighted by Crippen LogP contribution is -2.41. The van der Waals surface area contributed by atoms with Crippen molar-refractivity contribution >= 4 is 82.5 Å². The number of likely N-dealkylation sites (N-methyl/N-ethyl adjacent to an activating group) is 1. The van der Waals surface area contributed by atoms with Gasteiger partial charge in [-0.2, -0.15) is 0 Å². The van der Waals surface area contributed by atoms with E-state index in [0.29, 0.717) is 104 Å². The molecule has 11 N–H and O–H groups in total. The maximum absolute atomic E-state index is 12.8. The maximum Gasteiger partial charge on any atom is 0.326 e. The molecule has 0 aliphatic rings. The summed E-state index contributed by atoms with van der Waals surface area (Å²) in [5, 5.41) is 62.3. The Morgan fingerprint density at radius 3 is 1.15 bits per heavy atom. The molecule has 0 bridgehead atoms. The average Bonchev–Trinajstić information content (AvgIpc) is 0.865. The molecule has 0 saturated carbocycles. The zero-order valence-corrected chi connectivity index (χ0v) is 69.7. The summed E-state index contributed by atoms with van der Waals surface area (Å²) in [6.45, 7) is 5.97. The van der Waals surface area contributed by atoms with Gasteiger partial charge in [0.1, 0.15) is 49.8 Å². The molecule has 0 unspecified atom stereocenters. The number of Topliss-reactive ketones (excluding diaryl/α,β-unsaturated/α-hetero) is 4. The predicted octanol–water partition coefficient (Wildman–Crippen LogP) is 8.61. The molecule has 0 saturated heterocycles. The third kappa shape index (κ3) is 78.0. The highest BCUT2D eigenvalue weighted by Crippen LogP contribution is 2.20. The molecular weight excluding hydrogens is 1500 g/mol. The average molecular weight is 1650 g/mol. The summed E-state index contributed by atoms with van der Waals surface area (Å²) < 4.78 is 42.2. The van der Waals surface area contributed by atoms with Gasteiger partial charge in [-0.1, -0.05) is 122 Å². The third-order valence-corrected chi connectivity index (χ3v) is 18.6. The molecule has 0 rings (SSSR count). The number of unbranched alkanes of at least 4 members (excludes halogenated alkanes) is 21. The summed E-state index contributed by atoms with van der Waals surface area (Å²) in [5.74, 6) is -7.88. The highest BCUT2D eigenvalue weighted by molar-refractivity contribution is 5.86. The summed E-state index contributed by atoms with van der Waals surface area (Å²) in [5.41, 5.74) is 0. The van der Waals surface area contributed by atoms with E-state index < -0.39 is 53.8 Å². The summed E-state index contributed by atoms with van der Waals surface area (Å²) in [6, 6.07) is -1.53. The van der Waals surface area contributed by atoms with Gasteiger partial charge in [0.2, 0.25) is 29.5 Å². The maximum atomic E-state index is 12.8. The number of methoxy groups -OCH3 is 1. The van der Waals surface area contributed by atoms with E-state index in [1.807, 2.05) is 6.92 Å². The number of hydrogen-bond donors (Lipinski definition) is 11. The minimum Gasteiger partial charge on any atom is -0.481 e. The molecule has 0 aliphatic heterocycles. The fourth-order valence-corrected chi connectivity index (χ4v) is 11.8. The van der Waals surface area contributed by atoms with Gasteiger partial charge < -0.3 is 95.3 Å². The van der Waals surface area contributed by atoms with Crippen molar-refractivity contribution in [1.82, 2.24) is 31.9 Å². The standard InChI is InChI=1S/C52H93N5O18.C30H53NO9/c1-53-43(20-14-16-28-55-47(61)38-73-33-32-70-2)45(59)26-23-41(51(66)67)18-13-15-27-54-48(62)39-75-37-35-72-31-29-56-49(63)40-74-36-34-71-30-17-19-42(58)24-25-44(52(68)69)57-46(60)21-11-9-7-5-3-4-6-8-10-12-22-50(64)65;1-2-3-14-27(33)24-40-22-21-39-20-19-31-28(34)18-17-25(30(37)38)23-26(32)15-12-10-8-6-4-5-7-9-11-13-16-29(35)36/h41,43-44,53H,3-40H2,1-2H3,(H,54,62)(H,55,61)(H,56,63)(H,57,60)(H,64,65)(H,66,67)(H,68,69);25H,2-24H2,1H3,(H,31,34)(H,35,36)(H,37,38)/t41-,43+,44+;25-/m11/s1. The summed E-state index contributed by atoms with van der Waals surface area (Å²) >= 11 is 0. The van der Waals surface area contributed by atoms with Crippen LogP contribution in [0.15, 0.2) is 0 Å². The van der Waals surface area contributed by atoms with Gasteiger partial charge in [0.05, 0.1) is 83.9 Å². The van der Waals surface area contributed by atoms with Crippen LogP contribution < -0.4 is 31.9 Å². The first-order valence-electron chi connectivity index (χ1n) is 42.2. The Morgan fingerprint density at radius 2 is 0.687 bits per heavy atom. The lowest BCUT2D eigenvalue weighted by molar-refractivity contribution is -0.144. The Labute approximate surface area is 682 Å². The topological polar surface area (TPSA) is 486 Å². The van der Waals surface area contributed by atoms with Gasteiger partial charge in [-0.3, -0.25) is 62.3 Å². The van der Waals surface area contributed by atoms with Crippen LogP contribution >= 0.6 is 0 Å². The Bertz CT molecular complexity index is 2600. The van der Waals surface area contributed by atoms with Crippen LogP contribution in [0, 0.1) is 11.8 Å². The Morgan fingerprint density at radius 1 is 0.287 bits per heavy atom. The molecule has 4 atom stereocenters. The second kappa shape index (κ2) is 80.8. The van der Waals surface area contributed by atoms with Crippen LogP contribution in [0.5, 0.6) is 0 Å². The molecule has 5 amide bonds. The second-order valence-electron chi connectivity index (χ2n) is 28.8. The molecule has 33 heteroatoms.